The van der Waals surface area contributed by atoms with Crippen LogP contribution in [-0.2, 0) is 9.53 Å². The van der Waals surface area contributed by atoms with Crippen molar-refractivity contribution in [2.45, 2.75) is 25.4 Å². The molecule has 5 heteroatoms. The molecule has 0 aromatic heterocycles. The van der Waals surface area contributed by atoms with E-state index in [9.17, 15) is 4.79 Å². The summed E-state index contributed by atoms with van der Waals surface area (Å²) in [5, 5.41) is 0. The van der Waals surface area contributed by atoms with E-state index in [0.29, 0.717) is 0 Å². The van der Waals surface area contributed by atoms with Gasteiger partial charge in [0, 0.05) is 13.1 Å². The summed E-state index contributed by atoms with van der Waals surface area (Å²) in [4.78, 5) is 12.9. The monoisotopic (exact) mass is 215 g/mol. The van der Waals surface area contributed by atoms with E-state index in [-0.39, 0.29) is 18.6 Å². The standard InChI is InChI=1S/C10H21N3O2/c11-4-1-5-13-6-2-9(3-7-13)15-8-10(12)14/h9H,1-8,11H2,(H2,12,14). The number of primary amides is 1. The van der Waals surface area contributed by atoms with E-state index in [4.69, 9.17) is 16.2 Å². The van der Waals surface area contributed by atoms with Crippen LogP contribution in [0.5, 0.6) is 0 Å². The highest BCUT2D eigenvalue weighted by molar-refractivity contribution is 5.75. The molecule has 0 atom stereocenters. The molecule has 0 bridgehead atoms. The zero-order chi connectivity index (χ0) is 11.1. The second-order valence-corrected chi connectivity index (χ2v) is 3.96. The normalized spacial score (nSPS) is 19.3. The number of nitrogens with two attached hydrogens (primary N) is 2. The lowest BCUT2D eigenvalue weighted by atomic mass is 10.1. The Labute approximate surface area is 90.7 Å². The molecule has 0 aromatic carbocycles. The van der Waals surface area contributed by atoms with Crippen molar-refractivity contribution < 1.29 is 9.53 Å². The average Bonchev–Trinajstić information content (AvgIpc) is 2.25. The Morgan fingerprint density at radius 2 is 2.07 bits per heavy atom. The molecule has 1 aliphatic heterocycles. The summed E-state index contributed by atoms with van der Waals surface area (Å²) in [6, 6.07) is 0. The second kappa shape index (κ2) is 6.76. The van der Waals surface area contributed by atoms with E-state index >= 15 is 0 Å². The van der Waals surface area contributed by atoms with Gasteiger partial charge in [-0.1, -0.05) is 0 Å². The SMILES string of the molecule is NCCCN1CCC(OCC(N)=O)CC1. The van der Waals surface area contributed by atoms with Gasteiger partial charge < -0.3 is 21.1 Å². The van der Waals surface area contributed by atoms with Gasteiger partial charge in [-0.3, -0.25) is 4.79 Å². The van der Waals surface area contributed by atoms with Gasteiger partial charge in [-0.15, -0.1) is 0 Å². The number of nitrogens with zero attached hydrogens (tertiary/aromatic N) is 1. The molecule has 1 heterocycles. The first-order valence-corrected chi connectivity index (χ1v) is 5.54. The topological polar surface area (TPSA) is 81.6 Å². The molecular weight excluding hydrogens is 194 g/mol. The predicted octanol–water partition coefficient (Wildman–Crippen LogP) is -0.698. The second-order valence-electron chi connectivity index (χ2n) is 3.96. The summed E-state index contributed by atoms with van der Waals surface area (Å²) < 4.78 is 5.37. The molecular formula is C10H21N3O2. The van der Waals surface area contributed by atoms with Crippen LogP contribution in [-0.4, -0.2) is 49.7 Å². The van der Waals surface area contributed by atoms with Gasteiger partial charge in [0.2, 0.25) is 5.91 Å². The molecule has 0 aromatic rings. The van der Waals surface area contributed by atoms with Crippen LogP contribution in [0.3, 0.4) is 0 Å². The summed E-state index contributed by atoms with van der Waals surface area (Å²) >= 11 is 0. The van der Waals surface area contributed by atoms with Gasteiger partial charge in [-0.05, 0) is 32.4 Å². The summed E-state index contributed by atoms with van der Waals surface area (Å²) in [7, 11) is 0. The van der Waals surface area contributed by atoms with Gasteiger partial charge in [-0.25, -0.2) is 0 Å². The van der Waals surface area contributed by atoms with Gasteiger partial charge >= 0.3 is 0 Å². The molecule has 1 rings (SSSR count). The number of rotatable bonds is 6. The molecule has 0 unspecified atom stereocenters. The predicted molar refractivity (Wildman–Crippen MR) is 58.3 cm³/mol. The minimum Gasteiger partial charge on any atom is -0.368 e. The summed E-state index contributed by atoms with van der Waals surface area (Å²) in [5.74, 6) is -0.388. The van der Waals surface area contributed by atoms with Crippen molar-refractivity contribution in [3.63, 3.8) is 0 Å². The van der Waals surface area contributed by atoms with Crippen LogP contribution in [0.4, 0.5) is 0 Å². The van der Waals surface area contributed by atoms with E-state index in [1.54, 1.807) is 0 Å². The fourth-order valence-electron chi connectivity index (χ4n) is 1.81. The molecule has 1 aliphatic rings. The van der Waals surface area contributed by atoms with E-state index in [0.717, 1.165) is 45.4 Å². The van der Waals surface area contributed by atoms with Crippen LogP contribution < -0.4 is 11.5 Å². The maximum atomic E-state index is 10.5. The van der Waals surface area contributed by atoms with E-state index in [1.165, 1.54) is 0 Å². The minimum absolute atomic E-state index is 0.0491. The number of ether oxygens (including phenoxy) is 1. The number of amides is 1. The Kier molecular flexibility index (Phi) is 5.60. The van der Waals surface area contributed by atoms with Crippen LogP contribution in [0.15, 0.2) is 0 Å². The first-order valence-electron chi connectivity index (χ1n) is 5.54. The summed E-state index contributed by atoms with van der Waals surface area (Å²) in [5.41, 5.74) is 10.5. The number of likely N-dealkylation sites (tertiary alicyclic amines) is 1. The third-order valence-corrected chi connectivity index (χ3v) is 2.67. The van der Waals surface area contributed by atoms with Gasteiger partial charge in [0.15, 0.2) is 0 Å². The van der Waals surface area contributed by atoms with E-state index in [1.807, 2.05) is 0 Å². The molecule has 88 valence electrons. The fourth-order valence-corrected chi connectivity index (χ4v) is 1.81. The molecule has 0 spiro atoms. The Morgan fingerprint density at radius 3 is 2.60 bits per heavy atom. The fraction of sp³-hybridized carbons (Fsp3) is 0.900. The number of carbonyl (C=O) groups excluding carboxylic acids is 1. The zero-order valence-electron chi connectivity index (χ0n) is 9.15. The van der Waals surface area contributed by atoms with Crippen molar-refractivity contribution in [2.24, 2.45) is 11.5 Å². The molecule has 1 fully saturated rings. The van der Waals surface area contributed by atoms with Crippen LogP contribution >= 0.6 is 0 Å². The van der Waals surface area contributed by atoms with Crippen molar-refractivity contribution in [2.75, 3.05) is 32.8 Å². The average molecular weight is 215 g/mol. The number of hydrogen-bond acceptors (Lipinski definition) is 4. The quantitative estimate of drug-likeness (QED) is 0.614. The van der Waals surface area contributed by atoms with Crippen molar-refractivity contribution in [3.8, 4) is 0 Å². The maximum Gasteiger partial charge on any atom is 0.243 e. The van der Waals surface area contributed by atoms with Crippen molar-refractivity contribution >= 4 is 5.91 Å². The Hall–Kier alpha value is -0.650. The van der Waals surface area contributed by atoms with Crippen LogP contribution in [0.25, 0.3) is 0 Å². The van der Waals surface area contributed by atoms with Crippen molar-refractivity contribution in [3.05, 3.63) is 0 Å². The number of carbonyl (C=O) groups is 1. The van der Waals surface area contributed by atoms with Gasteiger partial charge in [0.25, 0.3) is 0 Å². The van der Waals surface area contributed by atoms with Gasteiger partial charge in [-0.2, -0.15) is 0 Å². The number of piperidine rings is 1. The largest absolute Gasteiger partial charge is 0.368 e. The lowest BCUT2D eigenvalue weighted by Gasteiger charge is -2.31. The third kappa shape index (κ3) is 5.11. The molecule has 4 N–H and O–H groups in total. The lowest BCUT2D eigenvalue weighted by Crippen LogP contribution is -2.39. The van der Waals surface area contributed by atoms with E-state index in [2.05, 4.69) is 4.90 Å². The van der Waals surface area contributed by atoms with E-state index < -0.39 is 0 Å². The number of hydrogen-bond donors (Lipinski definition) is 2. The zero-order valence-corrected chi connectivity index (χ0v) is 9.15. The van der Waals surface area contributed by atoms with Crippen LogP contribution in [0.2, 0.25) is 0 Å². The maximum absolute atomic E-state index is 10.5. The first kappa shape index (κ1) is 12.4. The van der Waals surface area contributed by atoms with Crippen molar-refractivity contribution in [1.29, 1.82) is 0 Å². The summed E-state index contributed by atoms with van der Waals surface area (Å²) in [6.07, 6.45) is 3.22. The smallest absolute Gasteiger partial charge is 0.243 e. The Balaban J connectivity index is 2.09. The molecule has 0 radical (unpaired) electrons. The molecule has 0 aliphatic carbocycles. The lowest BCUT2D eigenvalue weighted by molar-refractivity contribution is -0.125. The van der Waals surface area contributed by atoms with Gasteiger partial charge in [0.05, 0.1) is 6.10 Å². The highest BCUT2D eigenvalue weighted by atomic mass is 16.5. The van der Waals surface area contributed by atoms with Gasteiger partial charge in [0.1, 0.15) is 6.61 Å². The minimum atomic E-state index is -0.388. The molecule has 1 amide bonds. The van der Waals surface area contributed by atoms with Crippen molar-refractivity contribution in [1.82, 2.24) is 4.90 Å². The van der Waals surface area contributed by atoms with Crippen LogP contribution in [0, 0.1) is 0 Å². The molecule has 5 nitrogen and oxygen atoms in total. The highest BCUT2D eigenvalue weighted by Crippen LogP contribution is 2.13. The Morgan fingerprint density at radius 1 is 1.40 bits per heavy atom. The Bertz CT molecular complexity index is 191. The molecule has 0 saturated carbocycles. The molecule has 1 saturated heterocycles. The highest BCUT2D eigenvalue weighted by Gasteiger charge is 2.19. The van der Waals surface area contributed by atoms with Crippen LogP contribution in [0.1, 0.15) is 19.3 Å². The molecule has 15 heavy (non-hydrogen) atoms. The third-order valence-electron chi connectivity index (χ3n) is 2.67. The summed E-state index contributed by atoms with van der Waals surface area (Å²) in [6.45, 7) is 3.93. The first-order chi connectivity index (χ1) is 7.22.